The molecule has 1 atom stereocenters. The predicted molar refractivity (Wildman–Crippen MR) is 145 cm³/mol. The summed E-state index contributed by atoms with van der Waals surface area (Å²) < 4.78 is 26.3. The SMILES string of the molecule is C[C@@H](NC(=O)c1ccc(N(Cc2c(Cl)cccc2Cl)S(C)(=O)=O)cc1)c1ccc(C(C)(C)C)cc1. The van der Waals surface area contributed by atoms with Crippen molar-refractivity contribution in [3.05, 3.63) is 99.0 Å². The first kappa shape index (κ1) is 27.1. The van der Waals surface area contributed by atoms with Crippen molar-refractivity contribution in [1.29, 1.82) is 0 Å². The third-order valence-corrected chi connectivity index (χ3v) is 7.65. The first-order valence-electron chi connectivity index (χ1n) is 11.2. The summed E-state index contributed by atoms with van der Waals surface area (Å²) in [6, 6.07) is 19.5. The summed E-state index contributed by atoms with van der Waals surface area (Å²) >= 11 is 12.5. The van der Waals surface area contributed by atoms with E-state index in [-0.39, 0.29) is 23.9 Å². The maximum Gasteiger partial charge on any atom is 0.251 e. The number of amides is 1. The Balaban J connectivity index is 1.76. The van der Waals surface area contributed by atoms with Crippen LogP contribution in [0.25, 0.3) is 0 Å². The fourth-order valence-corrected chi connectivity index (χ4v) is 5.03. The van der Waals surface area contributed by atoms with Gasteiger partial charge in [-0.25, -0.2) is 8.42 Å². The van der Waals surface area contributed by atoms with Gasteiger partial charge in [0.25, 0.3) is 5.91 Å². The number of rotatable bonds is 7. The molecule has 5 nitrogen and oxygen atoms in total. The molecule has 35 heavy (non-hydrogen) atoms. The Kier molecular flexibility index (Phi) is 8.20. The summed E-state index contributed by atoms with van der Waals surface area (Å²) in [6.07, 6.45) is 1.12. The highest BCUT2D eigenvalue weighted by Crippen LogP contribution is 2.29. The molecule has 1 N–H and O–H groups in total. The van der Waals surface area contributed by atoms with Crippen LogP contribution in [0.2, 0.25) is 10.0 Å². The van der Waals surface area contributed by atoms with Crippen molar-refractivity contribution in [3.63, 3.8) is 0 Å². The van der Waals surface area contributed by atoms with E-state index in [1.807, 2.05) is 19.1 Å². The van der Waals surface area contributed by atoms with Gasteiger partial charge in [0.15, 0.2) is 0 Å². The van der Waals surface area contributed by atoms with E-state index in [1.165, 1.54) is 9.87 Å². The number of carbonyl (C=O) groups excluding carboxylic acids is 1. The lowest BCUT2D eigenvalue weighted by Crippen LogP contribution is -2.30. The van der Waals surface area contributed by atoms with Crippen LogP contribution in [-0.4, -0.2) is 20.6 Å². The third kappa shape index (κ3) is 6.78. The molecule has 0 aliphatic rings. The largest absolute Gasteiger partial charge is 0.346 e. The van der Waals surface area contributed by atoms with Gasteiger partial charge in [0.05, 0.1) is 24.5 Å². The van der Waals surface area contributed by atoms with Crippen molar-refractivity contribution >= 4 is 44.8 Å². The Bertz CT molecular complexity index is 1280. The smallest absolute Gasteiger partial charge is 0.251 e. The molecule has 8 heteroatoms. The summed E-state index contributed by atoms with van der Waals surface area (Å²) in [6.45, 7) is 8.38. The van der Waals surface area contributed by atoms with Crippen LogP contribution in [0.15, 0.2) is 66.7 Å². The van der Waals surface area contributed by atoms with Crippen LogP contribution >= 0.6 is 23.2 Å². The van der Waals surface area contributed by atoms with Gasteiger partial charge in [0.1, 0.15) is 0 Å². The maximum atomic E-state index is 12.8. The average molecular weight is 534 g/mol. The van der Waals surface area contributed by atoms with Crippen LogP contribution in [0.4, 0.5) is 5.69 Å². The van der Waals surface area contributed by atoms with Crippen molar-refractivity contribution in [2.45, 2.75) is 45.7 Å². The van der Waals surface area contributed by atoms with Crippen LogP contribution in [0, 0.1) is 0 Å². The lowest BCUT2D eigenvalue weighted by atomic mass is 9.86. The van der Waals surface area contributed by atoms with E-state index < -0.39 is 10.0 Å². The summed E-state index contributed by atoms with van der Waals surface area (Å²) in [5.41, 5.74) is 3.63. The molecule has 0 aliphatic carbocycles. The summed E-state index contributed by atoms with van der Waals surface area (Å²) in [4.78, 5) is 12.8. The minimum absolute atomic E-state index is 0.0233. The van der Waals surface area contributed by atoms with Crippen LogP contribution in [0.1, 0.15) is 60.8 Å². The van der Waals surface area contributed by atoms with E-state index in [0.29, 0.717) is 26.9 Å². The lowest BCUT2D eigenvalue weighted by molar-refractivity contribution is 0.0940. The second-order valence-corrected chi connectivity index (χ2v) is 12.3. The van der Waals surface area contributed by atoms with Crippen LogP contribution in [-0.2, 0) is 22.0 Å². The molecule has 0 heterocycles. The highest BCUT2D eigenvalue weighted by molar-refractivity contribution is 7.92. The molecule has 0 aromatic heterocycles. The van der Waals surface area contributed by atoms with Gasteiger partial charge >= 0.3 is 0 Å². The fourth-order valence-electron chi connectivity index (χ4n) is 3.64. The van der Waals surface area contributed by atoms with Gasteiger partial charge in [-0.2, -0.15) is 0 Å². The molecule has 0 radical (unpaired) electrons. The molecule has 1 amide bonds. The summed E-state index contributed by atoms with van der Waals surface area (Å²) in [5.74, 6) is -0.246. The van der Waals surface area contributed by atoms with Crippen molar-refractivity contribution in [1.82, 2.24) is 5.32 Å². The topological polar surface area (TPSA) is 66.5 Å². The van der Waals surface area contributed by atoms with E-state index in [2.05, 4.69) is 38.2 Å². The van der Waals surface area contributed by atoms with E-state index in [0.717, 1.165) is 11.8 Å². The first-order chi connectivity index (χ1) is 16.3. The number of halogens is 2. The van der Waals surface area contributed by atoms with Gasteiger partial charge in [0, 0.05) is 21.2 Å². The van der Waals surface area contributed by atoms with Gasteiger partial charge in [-0.1, -0.05) is 74.3 Å². The summed E-state index contributed by atoms with van der Waals surface area (Å²) in [7, 11) is -3.64. The molecule has 3 aromatic rings. The van der Waals surface area contributed by atoms with Gasteiger partial charge < -0.3 is 5.32 Å². The fraction of sp³-hybridized carbons (Fsp3) is 0.296. The minimum atomic E-state index is -3.64. The number of benzene rings is 3. The molecule has 0 unspecified atom stereocenters. The van der Waals surface area contributed by atoms with Crippen LogP contribution in [0.5, 0.6) is 0 Å². The molecule has 0 spiro atoms. The molecular weight excluding hydrogens is 503 g/mol. The van der Waals surface area contributed by atoms with Crippen LogP contribution in [0.3, 0.4) is 0 Å². The van der Waals surface area contributed by atoms with Crippen molar-refractivity contribution < 1.29 is 13.2 Å². The van der Waals surface area contributed by atoms with Gasteiger partial charge in [0.2, 0.25) is 10.0 Å². The average Bonchev–Trinajstić information content (AvgIpc) is 2.77. The molecule has 186 valence electrons. The van der Waals surface area contributed by atoms with Crippen LogP contribution < -0.4 is 9.62 Å². The number of nitrogens with zero attached hydrogens (tertiary/aromatic N) is 1. The molecule has 0 bridgehead atoms. The number of hydrogen-bond donors (Lipinski definition) is 1. The molecule has 0 saturated carbocycles. The molecule has 3 aromatic carbocycles. The van der Waals surface area contributed by atoms with Gasteiger partial charge in [-0.05, 0) is 59.9 Å². The van der Waals surface area contributed by atoms with Crippen molar-refractivity contribution in [2.75, 3.05) is 10.6 Å². The van der Waals surface area contributed by atoms with E-state index >= 15 is 0 Å². The highest BCUT2D eigenvalue weighted by atomic mass is 35.5. The zero-order valence-electron chi connectivity index (χ0n) is 20.5. The minimum Gasteiger partial charge on any atom is -0.346 e. The number of carbonyl (C=O) groups is 1. The number of hydrogen-bond acceptors (Lipinski definition) is 3. The standard InChI is InChI=1S/C27H30Cl2N2O3S/c1-18(19-9-13-21(14-10-19)27(2,3)4)30-26(32)20-11-15-22(16-12-20)31(35(5,33)34)17-23-24(28)7-6-8-25(23)29/h6-16,18H,17H2,1-5H3,(H,30,32)/t18-/m1/s1. The Labute approximate surface area is 218 Å². The van der Waals surface area contributed by atoms with Gasteiger partial charge in [-0.3, -0.25) is 9.10 Å². The zero-order chi connectivity index (χ0) is 26.0. The molecule has 0 fully saturated rings. The Hall–Kier alpha value is -2.54. The van der Waals surface area contributed by atoms with E-state index in [9.17, 15) is 13.2 Å². The van der Waals surface area contributed by atoms with E-state index in [1.54, 1.807) is 42.5 Å². The normalized spacial score (nSPS) is 12.8. The highest BCUT2D eigenvalue weighted by Gasteiger charge is 2.21. The van der Waals surface area contributed by atoms with Crippen molar-refractivity contribution in [3.8, 4) is 0 Å². The van der Waals surface area contributed by atoms with Crippen molar-refractivity contribution in [2.24, 2.45) is 0 Å². The Morgan fingerprint density at radius 1 is 0.943 bits per heavy atom. The number of nitrogens with one attached hydrogen (secondary N) is 1. The molecule has 0 saturated heterocycles. The predicted octanol–water partition coefficient (Wildman–Crippen LogP) is 6.75. The second kappa shape index (κ2) is 10.6. The maximum absolute atomic E-state index is 12.8. The lowest BCUT2D eigenvalue weighted by Gasteiger charge is -2.24. The Morgan fingerprint density at radius 3 is 1.97 bits per heavy atom. The number of sulfonamides is 1. The monoisotopic (exact) mass is 532 g/mol. The third-order valence-electron chi connectivity index (χ3n) is 5.81. The van der Waals surface area contributed by atoms with E-state index in [4.69, 9.17) is 23.2 Å². The first-order valence-corrected chi connectivity index (χ1v) is 13.8. The summed E-state index contributed by atoms with van der Waals surface area (Å²) in [5, 5.41) is 3.76. The quantitative estimate of drug-likeness (QED) is 0.366. The Morgan fingerprint density at radius 2 is 1.49 bits per heavy atom. The zero-order valence-corrected chi connectivity index (χ0v) is 22.8. The second-order valence-electron chi connectivity index (χ2n) is 9.58. The number of anilines is 1. The molecular formula is C27H30Cl2N2O3S. The molecule has 0 aliphatic heterocycles. The molecule has 3 rings (SSSR count). The van der Waals surface area contributed by atoms with Gasteiger partial charge in [-0.15, -0.1) is 0 Å².